The van der Waals surface area contributed by atoms with Gasteiger partial charge in [0.05, 0.1) is 28.6 Å². The van der Waals surface area contributed by atoms with E-state index in [1.165, 1.54) is 10.8 Å². The van der Waals surface area contributed by atoms with E-state index in [0.29, 0.717) is 5.82 Å². The first-order chi connectivity index (χ1) is 15.8. The summed E-state index contributed by atoms with van der Waals surface area (Å²) < 4.78 is 3.31. The van der Waals surface area contributed by atoms with Crippen molar-refractivity contribution in [1.82, 2.24) is 14.5 Å². The van der Waals surface area contributed by atoms with Crippen LogP contribution in [0.25, 0.3) is 50.1 Å². The molecule has 6 rings (SSSR count). The quantitative estimate of drug-likeness (QED) is 0.262. The zero-order valence-corrected chi connectivity index (χ0v) is 18.7. The van der Waals surface area contributed by atoms with Crippen LogP contribution in [-0.4, -0.2) is 14.5 Å². The van der Waals surface area contributed by atoms with Crippen LogP contribution >= 0.6 is 15.9 Å². The molecule has 0 aliphatic carbocycles. The highest BCUT2D eigenvalue weighted by atomic mass is 79.9. The van der Waals surface area contributed by atoms with Gasteiger partial charge in [0.25, 0.3) is 0 Å². The van der Waals surface area contributed by atoms with E-state index >= 15 is 0 Å². The number of nitrogens with zero attached hydrogens (tertiary/aromatic N) is 3. The summed E-state index contributed by atoms with van der Waals surface area (Å²) in [4.78, 5) is 9.85. The van der Waals surface area contributed by atoms with Crippen LogP contribution in [0.15, 0.2) is 114 Å². The maximum absolute atomic E-state index is 5.07. The Morgan fingerprint density at radius 2 is 1.28 bits per heavy atom. The minimum Gasteiger partial charge on any atom is -0.305 e. The molecule has 4 heteroatoms. The molecular formula is C28H18BrN3. The van der Waals surface area contributed by atoms with E-state index in [1.807, 2.05) is 54.7 Å². The fourth-order valence-electron chi connectivity index (χ4n) is 4.30. The number of aromatic nitrogens is 3. The molecule has 6 aromatic rings. The Hall–Kier alpha value is -3.76. The molecule has 0 saturated heterocycles. The van der Waals surface area contributed by atoms with Crippen molar-refractivity contribution in [3.8, 4) is 28.3 Å². The molecule has 0 atom stereocenters. The average Bonchev–Trinajstić information content (AvgIpc) is 3.20. The summed E-state index contributed by atoms with van der Waals surface area (Å²) in [6.07, 6.45) is 1.95. The largest absolute Gasteiger partial charge is 0.305 e. The number of fused-ring (bicyclic) bond motifs is 3. The van der Waals surface area contributed by atoms with Gasteiger partial charge in [0.2, 0.25) is 0 Å². The zero-order valence-electron chi connectivity index (χ0n) is 17.1. The second kappa shape index (κ2) is 7.74. The van der Waals surface area contributed by atoms with Crippen molar-refractivity contribution < 1.29 is 0 Å². The number of benzene rings is 4. The smallest absolute Gasteiger partial charge is 0.159 e. The Morgan fingerprint density at radius 1 is 0.625 bits per heavy atom. The van der Waals surface area contributed by atoms with Gasteiger partial charge in [-0.25, -0.2) is 9.97 Å². The van der Waals surface area contributed by atoms with Gasteiger partial charge in [-0.15, -0.1) is 0 Å². The van der Waals surface area contributed by atoms with E-state index in [4.69, 9.17) is 9.97 Å². The summed E-state index contributed by atoms with van der Waals surface area (Å²) in [7, 11) is 0. The number of hydrogen-bond acceptors (Lipinski definition) is 2. The van der Waals surface area contributed by atoms with Gasteiger partial charge in [0, 0.05) is 26.4 Å². The molecule has 0 aliphatic rings. The molecule has 0 N–H and O–H groups in total. The first kappa shape index (κ1) is 19.0. The SMILES string of the molecule is Brc1cccc2c3ccccc3n(-c3cnc(-c4ccccc4)nc3-c3ccccc3)c12. The van der Waals surface area contributed by atoms with Gasteiger partial charge < -0.3 is 4.57 Å². The van der Waals surface area contributed by atoms with Crippen molar-refractivity contribution in [3.63, 3.8) is 0 Å². The molecule has 4 aromatic carbocycles. The Labute approximate surface area is 194 Å². The van der Waals surface area contributed by atoms with Crippen LogP contribution in [0, 0.1) is 0 Å². The summed E-state index contributed by atoms with van der Waals surface area (Å²) in [5, 5.41) is 2.40. The lowest BCUT2D eigenvalue weighted by Crippen LogP contribution is -2.03. The lowest BCUT2D eigenvalue weighted by molar-refractivity contribution is 1.08. The molecule has 0 spiro atoms. The van der Waals surface area contributed by atoms with Crippen molar-refractivity contribution in [2.45, 2.75) is 0 Å². The number of hydrogen-bond donors (Lipinski definition) is 0. The highest BCUT2D eigenvalue weighted by Gasteiger charge is 2.19. The van der Waals surface area contributed by atoms with Crippen molar-refractivity contribution in [1.29, 1.82) is 0 Å². The molecule has 0 bridgehead atoms. The second-order valence-corrected chi connectivity index (χ2v) is 8.50. The maximum atomic E-state index is 5.07. The van der Waals surface area contributed by atoms with E-state index in [1.54, 1.807) is 0 Å². The fraction of sp³-hybridized carbons (Fsp3) is 0. The topological polar surface area (TPSA) is 30.7 Å². The molecule has 3 nitrogen and oxygen atoms in total. The van der Waals surface area contributed by atoms with E-state index in [9.17, 15) is 0 Å². The summed E-state index contributed by atoms with van der Waals surface area (Å²) in [6, 6.07) is 35.3. The van der Waals surface area contributed by atoms with Crippen molar-refractivity contribution in [2.75, 3.05) is 0 Å². The monoisotopic (exact) mass is 475 g/mol. The maximum Gasteiger partial charge on any atom is 0.159 e. The highest BCUT2D eigenvalue weighted by Crippen LogP contribution is 2.38. The lowest BCUT2D eigenvalue weighted by Gasteiger charge is -2.14. The Balaban J connectivity index is 1.72. The first-order valence-electron chi connectivity index (χ1n) is 10.5. The molecule has 0 unspecified atom stereocenters. The van der Waals surface area contributed by atoms with Crippen LogP contribution < -0.4 is 0 Å². The van der Waals surface area contributed by atoms with Gasteiger partial charge in [0.1, 0.15) is 0 Å². The predicted molar refractivity (Wildman–Crippen MR) is 135 cm³/mol. The molecule has 0 radical (unpaired) electrons. The van der Waals surface area contributed by atoms with Crippen LogP contribution in [-0.2, 0) is 0 Å². The van der Waals surface area contributed by atoms with Crippen LogP contribution in [0.5, 0.6) is 0 Å². The summed E-state index contributed by atoms with van der Waals surface area (Å²) >= 11 is 3.79. The molecular weight excluding hydrogens is 458 g/mol. The molecule has 0 aliphatic heterocycles. The van der Waals surface area contributed by atoms with Gasteiger partial charge in [-0.2, -0.15) is 0 Å². The van der Waals surface area contributed by atoms with Gasteiger partial charge in [-0.3, -0.25) is 0 Å². The summed E-state index contributed by atoms with van der Waals surface area (Å²) in [5.74, 6) is 0.716. The Kier molecular flexibility index (Phi) is 4.58. The molecule has 2 aromatic heterocycles. The molecule has 0 fully saturated rings. The van der Waals surface area contributed by atoms with Crippen LogP contribution in [0.3, 0.4) is 0 Å². The van der Waals surface area contributed by atoms with Gasteiger partial charge >= 0.3 is 0 Å². The number of halogens is 1. The fourth-order valence-corrected chi connectivity index (χ4v) is 4.84. The zero-order chi connectivity index (χ0) is 21.5. The van der Waals surface area contributed by atoms with E-state index in [2.05, 4.69) is 75.1 Å². The van der Waals surface area contributed by atoms with E-state index < -0.39 is 0 Å². The van der Waals surface area contributed by atoms with E-state index in [-0.39, 0.29) is 0 Å². The highest BCUT2D eigenvalue weighted by molar-refractivity contribution is 9.10. The van der Waals surface area contributed by atoms with Crippen molar-refractivity contribution >= 4 is 37.7 Å². The molecule has 0 saturated carbocycles. The summed E-state index contributed by atoms with van der Waals surface area (Å²) in [6.45, 7) is 0. The number of rotatable bonds is 3. The Morgan fingerprint density at radius 3 is 2.06 bits per heavy atom. The van der Waals surface area contributed by atoms with Crippen LogP contribution in [0.1, 0.15) is 0 Å². The van der Waals surface area contributed by atoms with Crippen molar-refractivity contribution in [3.05, 3.63) is 114 Å². The van der Waals surface area contributed by atoms with E-state index in [0.717, 1.165) is 38.0 Å². The Bertz CT molecular complexity index is 1570. The minimum absolute atomic E-state index is 0.716. The van der Waals surface area contributed by atoms with Gasteiger partial charge in [-0.1, -0.05) is 91.0 Å². The third-order valence-electron chi connectivity index (χ3n) is 5.74. The molecule has 0 amide bonds. The average molecular weight is 476 g/mol. The number of para-hydroxylation sites is 2. The van der Waals surface area contributed by atoms with Gasteiger partial charge in [-0.05, 0) is 28.1 Å². The van der Waals surface area contributed by atoms with Crippen LogP contribution in [0.4, 0.5) is 0 Å². The first-order valence-corrected chi connectivity index (χ1v) is 11.3. The lowest BCUT2D eigenvalue weighted by atomic mass is 10.1. The standard InChI is InChI=1S/C28H18BrN3/c29-23-16-9-15-22-21-14-7-8-17-24(21)32(27(22)23)25-18-30-28(20-12-5-2-6-13-20)31-26(25)19-10-3-1-4-11-19/h1-18H. The van der Waals surface area contributed by atoms with Crippen LogP contribution in [0.2, 0.25) is 0 Å². The normalized spacial score (nSPS) is 11.3. The van der Waals surface area contributed by atoms with Crippen molar-refractivity contribution in [2.24, 2.45) is 0 Å². The third kappa shape index (κ3) is 3.03. The minimum atomic E-state index is 0.716. The molecule has 32 heavy (non-hydrogen) atoms. The predicted octanol–water partition coefficient (Wildman–Crippen LogP) is 7.67. The second-order valence-electron chi connectivity index (χ2n) is 7.65. The summed E-state index contributed by atoms with van der Waals surface area (Å²) in [5.41, 5.74) is 6.15. The third-order valence-corrected chi connectivity index (χ3v) is 6.37. The molecule has 2 heterocycles. The van der Waals surface area contributed by atoms with Gasteiger partial charge in [0.15, 0.2) is 5.82 Å². The molecule has 152 valence electrons.